The Kier molecular flexibility index (Phi) is 5.15. The van der Waals surface area contributed by atoms with Crippen LogP contribution in [0.1, 0.15) is 36.5 Å². The fourth-order valence-electron chi connectivity index (χ4n) is 1.93. The molecule has 0 heterocycles. The van der Waals surface area contributed by atoms with E-state index in [-0.39, 0.29) is 0 Å². The molecule has 0 atom stereocenters. The molecule has 0 bridgehead atoms. The molecule has 1 nitrogen and oxygen atoms in total. The van der Waals surface area contributed by atoms with Crippen molar-refractivity contribution in [3.05, 3.63) is 71.3 Å². The van der Waals surface area contributed by atoms with E-state index in [1.54, 1.807) is 0 Å². The summed E-state index contributed by atoms with van der Waals surface area (Å²) in [6.45, 7) is 4.23. The maximum Gasteiger partial charge on any atom is 0.0583 e. The first kappa shape index (κ1) is 14.1. The summed E-state index contributed by atoms with van der Waals surface area (Å²) in [6.07, 6.45) is 2.02. The smallest absolute Gasteiger partial charge is 0.0583 e. The van der Waals surface area contributed by atoms with Gasteiger partial charge in [-0.3, -0.25) is 0 Å². The average molecular weight is 261 g/mol. The Hall–Kier alpha value is -2.33. The quantitative estimate of drug-likeness (QED) is 0.566. The summed E-state index contributed by atoms with van der Waals surface area (Å²) in [5, 5.41) is 0. The fraction of sp³-hybridized carbons (Fsp3) is 0.211. The third kappa shape index (κ3) is 4.10. The topological polar surface area (TPSA) is 12.4 Å². The molecule has 0 fully saturated rings. The van der Waals surface area contributed by atoms with Crippen LogP contribution in [0.4, 0.5) is 0 Å². The van der Waals surface area contributed by atoms with Crippen LogP contribution in [0.25, 0.3) is 0 Å². The van der Waals surface area contributed by atoms with Crippen LogP contribution in [-0.2, 0) is 0 Å². The van der Waals surface area contributed by atoms with Crippen molar-refractivity contribution in [2.45, 2.75) is 26.7 Å². The van der Waals surface area contributed by atoms with Gasteiger partial charge >= 0.3 is 0 Å². The van der Waals surface area contributed by atoms with Crippen LogP contribution in [0.3, 0.4) is 0 Å². The summed E-state index contributed by atoms with van der Waals surface area (Å²) in [6, 6.07) is 21.4. The maximum absolute atomic E-state index is 4.46. The Morgan fingerprint density at radius 2 is 1.70 bits per heavy atom. The van der Waals surface area contributed by atoms with E-state index in [1.807, 2.05) is 30.3 Å². The highest BCUT2D eigenvalue weighted by Gasteiger charge is 2.00. The van der Waals surface area contributed by atoms with Crippen LogP contribution >= 0.6 is 0 Å². The monoisotopic (exact) mass is 261 g/mol. The lowest BCUT2D eigenvalue weighted by molar-refractivity contribution is 0.993. The molecule has 0 radical (unpaired) electrons. The van der Waals surface area contributed by atoms with Crippen molar-refractivity contribution < 1.29 is 0 Å². The molecule has 0 aliphatic rings. The van der Waals surface area contributed by atoms with E-state index in [1.165, 1.54) is 5.56 Å². The first-order valence-electron chi connectivity index (χ1n) is 6.99. The Balaban J connectivity index is 2.20. The van der Waals surface area contributed by atoms with Crippen molar-refractivity contribution in [2.75, 3.05) is 0 Å². The van der Waals surface area contributed by atoms with Crippen molar-refractivity contribution in [3.8, 4) is 12.0 Å². The van der Waals surface area contributed by atoms with Gasteiger partial charge in [0.2, 0.25) is 0 Å². The molecule has 0 aliphatic heterocycles. The molecule has 0 aliphatic carbocycles. The predicted molar refractivity (Wildman–Crippen MR) is 85.9 cm³/mol. The summed E-state index contributed by atoms with van der Waals surface area (Å²) < 4.78 is 0. The second kappa shape index (κ2) is 7.31. The lowest BCUT2D eigenvalue weighted by Crippen LogP contribution is -1.99. The minimum Gasteiger partial charge on any atom is -0.201 e. The van der Waals surface area contributed by atoms with Crippen LogP contribution in [-0.4, -0.2) is 5.71 Å². The largest absolute Gasteiger partial charge is 0.201 e. The second-order valence-corrected chi connectivity index (χ2v) is 4.78. The normalized spacial score (nSPS) is 10.8. The molecule has 0 saturated heterocycles. The maximum atomic E-state index is 4.46. The molecule has 0 amide bonds. The zero-order valence-electron chi connectivity index (χ0n) is 12.1. The third-order valence-corrected chi connectivity index (χ3v) is 3.04. The Morgan fingerprint density at radius 1 is 1.00 bits per heavy atom. The van der Waals surface area contributed by atoms with Gasteiger partial charge < -0.3 is 0 Å². The molecule has 0 spiro atoms. The molecule has 2 aromatic rings. The number of benzene rings is 2. The van der Waals surface area contributed by atoms with Gasteiger partial charge in [0.25, 0.3) is 0 Å². The fourth-order valence-corrected chi connectivity index (χ4v) is 1.93. The lowest BCUT2D eigenvalue weighted by atomic mass is 10.1. The number of hydrogen-bond donors (Lipinski definition) is 0. The highest BCUT2D eigenvalue weighted by Crippen LogP contribution is 2.06. The van der Waals surface area contributed by atoms with Gasteiger partial charge in [-0.2, -0.15) is 0 Å². The zero-order valence-corrected chi connectivity index (χ0v) is 12.1. The molecule has 0 aromatic heterocycles. The summed E-state index contributed by atoms with van der Waals surface area (Å²) in [5.74, 6) is 3.09. The summed E-state index contributed by atoms with van der Waals surface area (Å²) in [5.41, 5.74) is 4.47. The molecule has 0 saturated carbocycles. The van der Waals surface area contributed by atoms with Crippen LogP contribution in [0.2, 0.25) is 0 Å². The molecule has 1 heteroatoms. The van der Waals surface area contributed by atoms with Crippen LogP contribution in [0.5, 0.6) is 0 Å². The molecule has 2 aromatic carbocycles. The van der Waals surface area contributed by atoms with Gasteiger partial charge in [0.15, 0.2) is 0 Å². The van der Waals surface area contributed by atoms with Gasteiger partial charge in [-0.25, -0.2) is 4.99 Å². The molecule has 2 rings (SSSR count). The highest BCUT2D eigenvalue weighted by atomic mass is 14.7. The van der Waals surface area contributed by atoms with Gasteiger partial charge in [-0.15, -0.1) is 0 Å². The standard InChI is InChI=1S/C19H19N/c1-3-7-19(18-8-5-4-6-9-18)20-15-14-17-12-10-16(2)11-13-17/h4-6,8-13H,3,7H2,1-2H3. The zero-order chi connectivity index (χ0) is 14.2. The van der Waals surface area contributed by atoms with Gasteiger partial charge in [0.05, 0.1) is 5.71 Å². The number of aliphatic imine (C=N–C) groups is 1. The first-order chi connectivity index (χ1) is 9.79. The molecular weight excluding hydrogens is 242 g/mol. The lowest BCUT2D eigenvalue weighted by Gasteiger charge is -2.02. The van der Waals surface area contributed by atoms with Crippen molar-refractivity contribution >= 4 is 5.71 Å². The Morgan fingerprint density at radius 3 is 2.35 bits per heavy atom. The number of nitrogens with zero attached hydrogens (tertiary/aromatic N) is 1. The number of rotatable bonds is 3. The van der Waals surface area contributed by atoms with Crippen LogP contribution in [0, 0.1) is 18.9 Å². The minimum atomic E-state index is 0.951. The Labute approximate surface area is 121 Å². The second-order valence-electron chi connectivity index (χ2n) is 4.78. The van der Waals surface area contributed by atoms with Crippen molar-refractivity contribution in [3.63, 3.8) is 0 Å². The summed E-state index contributed by atoms with van der Waals surface area (Å²) >= 11 is 0. The highest BCUT2D eigenvalue weighted by molar-refractivity contribution is 6.01. The van der Waals surface area contributed by atoms with E-state index >= 15 is 0 Å². The van der Waals surface area contributed by atoms with E-state index in [0.29, 0.717) is 0 Å². The van der Waals surface area contributed by atoms with Gasteiger partial charge in [0.1, 0.15) is 0 Å². The van der Waals surface area contributed by atoms with Crippen LogP contribution < -0.4 is 0 Å². The van der Waals surface area contributed by atoms with E-state index in [4.69, 9.17) is 0 Å². The van der Waals surface area contributed by atoms with E-state index in [2.05, 4.69) is 55.1 Å². The number of aryl methyl sites for hydroxylation is 1. The average Bonchev–Trinajstić information content (AvgIpc) is 2.49. The van der Waals surface area contributed by atoms with E-state index in [0.717, 1.165) is 29.7 Å². The van der Waals surface area contributed by atoms with Crippen molar-refractivity contribution in [2.24, 2.45) is 4.99 Å². The SMILES string of the molecule is CCCC(=NC#Cc1ccc(C)cc1)c1ccccc1. The van der Waals surface area contributed by atoms with Crippen molar-refractivity contribution in [1.29, 1.82) is 0 Å². The predicted octanol–water partition coefficient (Wildman–Crippen LogP) is 4.59. The molecular formula is C19H19N. The number of hydrogen-bond acceptors (Lipinski definition) is 1. The third-order valence-electron chi connectivity index (χ3n) is 3.04. The summed E-state index contributed by atoms with van der Waals surface area (Å²) in [4.78, 5) is 4.46. The summed E-state index contributed by atoms with van der Waals surface area (Å²) in [7, 11) is 0. The van der Waals surface area contributed by atoms with Crippen molar-refractivity contribution in [1.82, 2.24) is 0 Å². The van der Waals surface area contributed by atoms with E-state index in [9.17, 15) is 0 Å². The van der Waals surface area contributed by atoms with Gasteiger partial charge in [-0.05, 0) is 37.0 Å². The van der Waals surface area contributed by atoms with Crippen LogP contribution in [0.15, 0.2) is 59.6 Å². The first-order valence-corrected chi connectivity index (χ1v) is 6.99. The van der Waals surface area contributed by atoms with Gasteiger partial charge in [0, 0.05) is 11.6 Å². The molecule has 0 N–H and O–H groups in total. The van der Waals surface area contributed by atoms with E-state index < -0.39 is 0 Å². The molecule has 20 heavy (non-hydrogen) atoms. The van der Waals surface area contributed by atoms with Gasteiger partial charge in [-0.1, -0.05) is 61.4 Å². The minimum absolute atomic E-state index is 0.951. The molecule has 100 valence electrons. The Bertz CT molecular complexity index is 625. The molecule has 0 unspecified atom stereocenters.